The van der Waals surface area contributed by atoms with Crippen molar-refractivity contribution in [3.63, 3.8) is 0 Å². The van der Waals surface area contributed by atoms with E-state index in [9.17, 15) is 9.59 Å². The van der Waals surface area contributed by atoms with Crippen LogP contribution in [0.5, 0.6) is 0 Å². The van der Waals surface area contributed by atoms with Crippen molar-refractivity contribution in [1.82, 2.24) is 19.8 Å². The molecule has 0 unspecified atom stereocenters. The SMILES string of the molecule is COCn1cc(CCNCCc2c(-c3cc(C)cc(C)c3)[nH]c3ccc(C(C)(C)C(=O)N4CC5CCC4CC5)cc23)ccc1=O. The first kappa shape index (κ1) is 31.3. The maximum absolute atomic E-state index is 14.1. The third-order valence-corrected chi connectivity index (χ3v) is 10.1. The number of fused-ring (bicyclic) bond motifs is 4. The monoisotopic (exact) mass is 608 g/mol. The van der Waals surface area contributed by atoms with Crippen LogP contribution >= 0.6 is 0 Å². The molecular weight excluding hydrogens is 560 g/mol. The molecule has 2 saturated heterocycles. The number of rotatable bonds is 11. The lowest BCUT2D eigenvalue weighted by Gasteiger charge is -2.47. The first-order valence-electron chi connectivity index (χ1n) is 16.6. The Morgan fingerprint density at radius 3 is 2.40 bits per heavy atom. The van der Waals surface area contributed by atoms with Gasteiger partial charge in [0.1, 0.15) is 6.73 Å². The zero-order valence-corrected chi connectivity index (χ0v) is 27.5. The average Bonchev–Trinajstić information content (AvgIpc) is 3.40. The summed E-state index contributed by atoms with van der Waals surface area (Å²) in [6.07, 6.45) is 8.38. The molecule has 4 heterocycles. The minimum absolute atomic E-state index is 0.0563. The van der Waals surface area contributed by atoms with Crippen molar-refractivity contribution < 1.29 is 9.53 Å². The Kier molecular flexibility index (Phi) is 9.03. The Hall–Kier alpha value is -3.68. The predicted molar refractivity (Wildman–Crippen MR) is 182 cm³/mol. The van der Waals surface area contributed by atoms with Gasteiger partial charge in [-0.3, -0.25) is 14.2 Å². The van der Waals surface area contributed by atoms with Crippen LogP contribution in [0.15, 0.2) is 59.5 Å². The number of aromatic amines is 1. The quantitative estimate of drug-likeness (QED) is 0.197. The minimum Gasteiger partial charge on any atom is -0.364 e. The molecule has 3 aliphatic rings. The van der Waals surface area contributed by atoms with E-state index in [0.29, 0.717) is 12.0 Å². The van der Waals surface area contributed by atoms with Crippen molar-refractivity contribution in [3.05, 3.63) is 92.9 Å². The second-order valence-electron chi connectivity index (χ2n) is 13.9. The van der Waals surface area contributed by atoms with Gasteiger partial charge in [0, 0.05) is 48.6 Å². The number of aryl methyl sites for hydroxylation is 2. The van der Waals surface area contributed by atoms with Crippen molar-refractivity contribution in [2.75, 3.05) is 26.7 Å². The Morgan fingerprint density at radius 2 is 1.71 bits per heavy atom. The molecule has 2 aliphatic heterocycles. The molecule has 0 spiro atoms. The number of nitrogens with one attached hydrogen (secondary N) is 2. The highest BCUT2D eigenvalue weighted by Crippen LogP contribution is 2.39. The van der Waals surface area contributed by atoms with E-state index in [-0.39, 0.29) is 18.2 Å². The third-order valence-electron chi connectivity index (χ3n) is 10.1. The van der Waals surface area contributed by atoms with Crippen LogP contribution in [0.3, 0.4) is 0 Å². The van der Waals surface area contributed by atoms with Gasteiger partial charge in [0.25, 0.3) is 5.56 Å². The molecular formula is C38H48N4O3. The van der Waals surface area contributed by atoms with Crippen LogP contribution in [-0.2, 0) is 34.5 Å². The molecule has 0 radical (unpaired) electrons. The fraction of sp³-hybridized carbons (Fsp3) is 0.474. The summed E-state index contributed by atoms with van der Waals surface area (Å²) in [5.74, 6) is 0.930. The van der Waals surface area contributed by atoms with Crippen LogP contribution in [0, 0.1) is 19.8 Å². The lowest BCUT2D eigenvalue weighted by atomic mass is 9.76. The molecule has 1 amide bonds. The second-order valence-corrected chi connectivity index (χ2v) is 13.9. The van der Waals surface area contributed by atoms with E-state index >= 15 is 0 Å². The van der Waals surface area contributed by atoms with Gasteiger partial charge in [0.15, 0.2) is 0 Å². The molecule has 45 heavy (non-hydrogen) atoms. The smallest absolute Gasteiger partial charge is 0.252 e. The lowest BCUT2D eigenvalue weighted by Crippen LogP contribution is -2.55. The van der Waals surface area contributed by atoms with E-state index in [2.05, 4.69) is 79.3 Å². The fourth-order valence-corrected chi connectivity index (χ4v) is 7.60. The molecule has 1 aliphatic carbocycles. The number of benzene rings is 2. The predicted octanol–water partition coefficient (Wildman–Crippen LogP) is 6.27. The van der Waals surface area contributed by atoms with Crippen LogP contribution in [-0.4, -0.2) is 53.1 Å². The Labute approximate surface area is 267 Å². The second kappa shape index (κ2) is 13.0. The van der Waals surface area contributed by atoms with Crippen LogP contribution in [0.1, 0.15) is 67.3 Å². The maximum atomic E-state index is 14.1. The summed E-state index contributed by atoms with van der Waals surface area (Å²) in [6, 6.07) is 17.2. The molecule has 2 aromatic heterocycles. The van der Waals surface area contributed by atoms with Gasteiger partial charge in [0.05, 0.1) is 5.41 Å². The number of methoxy groups -OCH3 is 1. The highest BCUT2D eigenvalue weighted by molar-refractivity contribution is 5.94. The molecule has 2 N–H and O–H groups in total. The maximum Gasteiger partial charge on any atom is 0.252 e. The number of carbonyl (C=O) groups excluding carboxylic acids is 1. The summed E-state index contributed by atoms with van der Waals surface area (Å²) < 4.78 is 6.75. The molecule has 2 aromatic carbocycles. The summed E-state index contributed by atoms with van der Waals surface area (Å²) in [5.41, 5.74) is 8.73. The number of ether oxygens (including phenoxy) is 1. The van der Waals surface area contributed by atoms with Gasteiger partial charge in [-0.15, -0.1) is 0 Å². The normalized spacial score (nSPS) is 18.2. The molecule has 7 heteroatoms. The summed E-state index contributed by atoms with van der Waals surface area (Å²) in [5, 5.41) is 4.82. The molecule has 7 nitrogen and oxygen atoms in total. The third kappa shape index (κ3) is 6.52. The van der Waals surface area contributed by atoms with E-state index < -0.39 is 5.41 Å². The Morgan fingerprint density at radius 1 is 0.978 bits per heavy atom. The molecule has 1 saturated carbocycles. The van der Waals surface area contributed by atoms with E-state index in [0.717, 1.165) is 67.7 Å². The largest absolute Gasteiger partial charge is 0.364 e. The number of carbonyl (C=O) groups is 1. The molecule has 2 bridgehead atoms. The Bertz CT molecular complexity index is 1720. The van der Waals surface area contributed by atoms with Crippen LogP contribution in [0.4, 0.5) is 0 Å². The number of H-pyrrole nitrogens is 1. The molecule has 0 atom stereocenters. The average molecular weight is 609 g/mol. The number of hydrogen-bond acceptors (Lipinski definition) is 4. The van der Waals surface area contributed by atoms with Crippen molar-refractivity contribution >= 4 is 16.8 Å². The van der Waals surface area contributed by atoms with Crippen LogP contribution < -0.4 is 10.9 Å². The highest BCUT2D eigenvalue weighted by atomic mass is 16.5. The zero-order chi connectivity index (χ0) is 31.7. The lowest BCUT2D eigenvalue weighted by molar-refractivity contribution is -0.144. The van der Waals surface area contributed by atoms with Gasteiger partial charge in [-0.05, 0) is 132 Å². The van der Waals surface area contributed by atoms with Crippen molar-refractivity contribution in [3.8, 4) is 11.3 Å². The zero-order valence-electron chi connectivity index (χ0n) is 27.5. The van der Waals surface area contributed by atoms with Crippen LogP contribution in [0.25, 0.3) is 22.2 Å². The molecule has 238 valence electrons. The van der Waals surface area contributed by atoms with Crippen LogP contribution in [0.2, 0.25) is 0 Å². The number of aromatic nitrogens is 2. The minimum atomic E-state index is -0.599. The highest BCUT2D eigenvalue weighted by Gasteiger charge is 2.42. The topological polar surface area (TPSA) is 79.4 Å². The van der Waals surface area contributed by atoms with E-state index in [4.69, 9.17) is 4.74 Å². The van der Waals surface area contributed by atoms with Gasteiger partial charge in [-0.2, -0.15) is 0 Å². The first-order chi connectivity index (χ1) is 21.6. The number of hydrogen-bond donors (Lipinski definition) is 2. The van der Waals surface area contributed by atoms with Crippen molar-refractivity contribution in [2.45, 2.75) is 84.4 Å². The van der Waals surface area contributed by atoms with Gasteiger partial charge in [-0.1, -0.05) is 29.3 Å². The first-order valence-corrected chi connectivity index (χ1v) is 16.6. The number of pyridine rings is 1. The molecule has 7 rings (SSSR count). The fourth-order valence-electron chi connectivity index (χ4n) is 7.60. The molecule has 4 aromatic rings. The number of nitrogens with zero attached hydrogens (tertiary/aromatic N) is 2. The van der Waals surface area contributed by atoms with Crippen molar-refractivity contribution in [1.29, 1.82) is 0 Å². The van der Waals surface area contributed by atoms with Gasteiger partial charge in [-0.25, -0.2) is 0 Å². The van der Waals surface area contributed by atoms with E-state index in [1.807, 2.05) is 12.3 Å². The van der Waals surface area contributed by atoms with Crippen molar-refractivity contribution in [2.24, 2.45) is 5.92 Å². The van der Waals surface area contributed by atoms with Gasteiger partial charge >= 0.3 is 0 Å². The summed E-state index contributed by atoms with van der Waals surface area (Å²) in [4.78, 5) is 32.0. The van der Waals surface area contributed by atoms with E-state index in [1.165, 1.54) is 40.5 Å². The standard InChI is InChI=1S/C38H48N4O3/c1-25-18-26(2)20-29(19-25)36-32(15-17-39-16-14-28-8-13-35(43)41(22-28)24-45-5)33-21-30(9-12-34(33)40-36)38(3,4)37(44)42-23-27-6-10-31(42)11-7-27/h8-9,12-13,18-22,27,31,39-40H,6-7,10-11,14-17,23-24H2,1-5H3. The van der Waals surface area contributed by atoms with E-state index in [1.54, 1.807) is 17.7 Å². The van der Waals surface area contributed by atoms with Gasteiger partial charge < -0.3 is 19.9 Å². The summed E-state index contributed by atoms with van der Waals surface area (Å²) >= 11 is 0. The number of amides is 1. The number of piperidine rings is 2. The molecule has 3 fully saturated rings. The Balaban J connectivity index is 1.25. The summed E-state index contributed by atoms with van der Waals surface area (Å²) in [7, 11) is 1.59. The van der Waals surface area contributed by atoms with Gasteiger partial charge in [0.2, 0.25) is 5.91 Å². The summed E-state index contributed by atoms with van der Waals surface area (Å²) in [6.45, 7) is 11.3.